The Kier molecular flexibility index (Phi) is 7.51. The van der Waals surface area contributed by atoms with Crippen molar-refractivity contribution in [1.29, 1.82) is 0 Å². The molecular weight excluding hydrogens is 494 g/mol. The van der Waals surface area contributed by atoms with Gasteiger partial charge in [0, 0.05) is 23.5 Å². The van der Waals surface area contributed by atoms with Crippen molar-refractivity contribution in [2.45, 2.75) is 32.6 Å². The van der Waals surface area contributed by atoms with E-state index in [4.69, 9.17) is 21.1 Å². The lowest BCUT2D eigenvalue weighted by Crippen LogP contribution is -2.27. The normalized spacial score (nSPS) is 13.1. The number of benzene rings is 3. The third kappa shape index (κ3) is 6.05. The molecule has 1 atom stereocenters. The van der Waals surface area contributed by atoms with Crippen LogP contribution in [0.15, 0.2) is 78.2 Å². The fraction of sp³-hybridized carbons (Fsp3) is 0.214. The van der Waals surface area contributed by atoms with Crippen LogP contribution >= 0.6 is 22.9 Å². The molecule has 2 heterocycles. The van der Waals surface area contributed by atoms with Gasteiger partial charge in [-0.1, -0.05) is 60.1 Å². The number of carbonyl (C=O) groups excluding carboxylic acids is 1. The highest BCUT2D eigenvalue weighted by Gasteiger charge is 2.18. The molecule has 0 bridgehead atoms. The number of hydrogen-bond donors (Lipinski definition) is 1. The van der Waals surface area contributed by atoms with E-state index in [2.05, 4.69) is 15.2 Å². The summed E-state index contributed by atoms with van der Waals surface area (Å²) in [4.78, 5) is 19.8. The maximum absolute atomic E-state index is 12.8. The summed E-state index contributed by atoms with van der Waals surface area (Å²) in [6.45, 7) is 4.21. The quantitative estimate of drug-likeness (QED) is 0.284. The first-order chi connectivity index (χ1) is 17.5. The summed E-state index contributed by atoms with van der Waals surface area (Å²) >= 11 is 7.58. The van der Waals surface area contributed by atoms with Crippen LogP contribution in [-0.4, -0.2) is 22.6 Å². The molecule has 0 saturated carbocycles. The maximum Gasteiger partial charge on any atom is 0.271 e. The molecule has 0 saturated heterocycles. The van der Waals surface area contributed by atoms with Crippen LogP contribution in [0.3, 0.4) is 0 Å². The number of hydrogen-bond acceptors (Lipinski definition) is 6. The molecule has 1 unspecified atom stereocenters. The van der Waals surface area contributed by atoms with E-state index in [1.807, 2.05) is 85.1 Å². The summed E-state index contributed by atoms with van der Waals surface area (Å²) in [6.07, 6.45) is 0. The summed E-state index contributed by atoms with van der Waals surface area (Å²) in [6, 6.07) is 23.7. The van der Waals surface area contributed by atoms with Crippen molar-refractivity contribution in [2.75, 3.05) is 6.79 Å². The van der Waals surface area contributed by atoms with E-state index in [1.54, 1.807) is 0 Å². The molecule has 1 aromatic heterocycles. The minimum absolute atomic E-state index is 0.101. The molecule has 5 rings (SSSR count). The van der Waals surface area contributed by atoms with E-state index < -0.39 is 0 Å². The van der Waals surface area contributed by atoms with Gasteiger partial charge in [-0.3, -0.25) is 9.69 Å². The Hall–Kier alpha value is -3.39. The Morgan fingerprint density at radius 3 is 2.53 bits per heavy atom. The van der Waals surface area contributed by atoms with Gasteiger partial charge in [0.05, 0.1) is 12.6 Å². The van der Waals surface area contributed by atoms with Gasteiger partial charge in [0.15, 0.2) is 11.5 Å². The molecule has 3 aromatic carbocycles. The van der Waals surface area contributed by atoms with E-state index in [-0.39, 0.29) is 18.7 Å². The van der Waals surface area contributed by atoms with Gasteiger partial charge >= 0.3 is 0 Å². The second-order valence-corrected chi connectivity index (χ2v) is 10.1. The van der Waals surface area contributed by atoms with Crippen LogP contribution in [-0.2, 0) is 19.6 Å². The summed E-state index contributed by atoms with van der Waals surface area (Å²) < 4.78 is 11.0. The first-order valence-electron chi connectivity index (χ1n) is 11.7. The third-order valence-corrected chi connectivity index (χ3v) is 7.04. The number of ether oxygens (including phenoxy) is 2. The molecule has 1 aliphatic rings. The number of fused-ring (bicyclic) bond motifs is 1. The molecule has 1 N–H and O–H groups in total. The SMILES string of the molecule is CC(NC(=O)c1csc(CN(Cc2ccc(Cl)cc2)Cc2ccc3c(c2)OCO3)n1)c1ccccc1. The Morgan fingerprint density at radius 1 is 1.00 bits per heavy atom. The molecule has 6 nitrogen and oxygen atoms in total. The van der Waals surface area contributed by atoms with Crippen LogP contribution in [0.1, 0.15) is 45.2 Å². The van der Waals surface area contributed by atoms with Crippen LogP contribution in [0.25, 0.3) is 0 Å². The third-order valence-electron chi connectivity index (χ3n) is 5.95. The molecule has 1 amide bonds. The van der Waals surface area contributed by atoms with E-state index in [0.29, 0.717) is 30.4 Å². The minimum Gasteiger partial charge on any atom is -0.454 e. The molecule has 0 fully saturated rings. The van der Waals surface area contributed by atoms with Gasteiger partial charge in [-0.15, -0.1) is 11.3 Å². The number of amides is 1. The van der Waals surface area contributed by atoms with Gasteiger partial charge in [0.1, 0.15) is 10.7 Å². The molecule has 8 heteroatoms. The lowest BCUT2D eigenvalue weighted by Gasteiger charge is -2.22. The van der Waals surface area contributed by atoms with Crippen LogP contribution < -0.4 is 14.8 Å². The van der Waals surface area contributed by atoms with Crippen molar-refractivity contribution < 1.29 is 14.3 Å². The summed E-state index contributed by atoms with van der Waals surface area (Å²) in [5.41, 5.74) is 3.75. The average Bonchev–Trinajstić information content (AvgIpc) is 3.55. The fourth-order valence-electron chi connectivity index (χ4n) is 4.09. The predicted molar refractivity (Wildman–Crippen MR) is 141 cm³/mol. The second kappa shape index (κ2) is 11.1. The number of rotatable bonds is 9. The van der Waals surface area contributed by atoms with Gasteiger partial charge in [-0.25, -0.2) is 4.98 Å². The summed E-state index contributed by atoms with van der Waals surface area (Å²) in [5.74, 6) is 1.36. The number of nitrogens with one attached hydrogen (secondary N) is 1. The second-order valence-electron chi connectivity index (χ2n) is 8.69. The molecule has 184 valence electrons. The molecular formula is C28H26ClN3O3S. The average molecular weight is 520 g/mol. The summed E-state index contributed by atoms with van der Waals surface area (Å²) in [7, 11) is 0. The topological polar surface area (TPSA) is 63.7 Å². The smallest absolute Gasteiger partial charge is 0.271 e. The Morgan fingerprint density at radius 2 is 1.72 bits per heavy atom. The highest BCUT2D eigenvalue weighted by atomic mass is 35.5. The van der Waals surface area contributed by atoms with E-state index in [0.717, 1.165) is 33.2 Å². The highest BCUT2D eigenvalue weighted by Crippen LogP contribution is 2.33. The van der Waals surface area contributed by atoms with Crippen molar-refractivity contribution in [3.05, 3.63) is 111 Å². The molecule has 36 heavy (non-hydrogen) atoms. The standard InChI is InChI=1S/C28H26ClN3O3S/c1-19(22-5-3-2-4-6-22)30-28(33)24-17-36-27(31-24)16-32(14-20-7-10-23(29)11-8-20)15-21-9-12-25-26(13-21)35-18-34-25/h2-13,17,19H,14-16,18H2,1H3,(H,30,33). The van der Waals surface area contributed by atoms with Crippen molar-refractivity contribution in [3.8, 4) is 11.5 Å². The van der Waals surface area contributed by atoms with E-state index in [1.165, 1.54) is 11.3 Å². The van der Waals surface area contributed by atoms with Crippen molar-refractivity contribution in [1.82, 2.24) is 15.2 Å². The van der Waals surface area contributed by atoms with Crippen LogP contribution in [0.5, 0.6) is 11.5 Å². The summed E-state index contributed by atoms with van der Waals surface area (Å²) in [5, 5.41) is 6.45. The van der Waals surface area contributed by atoms with E-state index >= 15 is 0 Å². The number of carbonyl (C=O) groups is 1. The zero-order valence-corrected chi connectivity index (χ0v) is 21.4. The Balaban J connectivity index is 1.29. The maximum atomic E-state index is 12.8. The monoisotopic (exact) mass is 519 g/mol. The Labute approximate surface area is 219 Å². The molecule has 0 spiro atoms. The largest absolute Gasteiger partial charge is 0.454 e. The number of nitrogens with zero attached hydrogens (tertiary/aromatic N) is 2. The van der Waals surface area contributed by atoms with Crippen molar-refractivity contribution >= 4 is 28.8 Å². The van der Waals surface area contributed by atoms with Gasteiger partial charge < -0.3 is 14.8 Å². The van der Waals surface area contributed by atoms with Crippen molar-refractivity contribution in [3.63, 3.8) is 0 Å². The van der Waals surface area contributed by atoms with Crippen LogP contribution in [0, 0.1) is 0 Å². The molecule has 0 radical (unpaired) electrons. The van der Waals surface area contributed by atoms with Gasteiger partial charge in [-0.05, 0) is 47.9 Å². The van der Waals surface area contributed by atoms with E-state index in [9.17, 15) is 4.79 Å². The fourth-order valence-corrected chi connectivity index (χ4v) is 5.03. The van der Waals surface area contributed by atoms with Gasteiger partial charge in [0.2, 0.25) is 6.79 Å². The first kappa shape index (κ1) is 24.3. The molecule has 4 aromatic rings. The van der Waals surface area contributed by atoms with Gasteiger partial charge in [0.25, 0.3) is 5.91 Å². The number of aromatic nitrogens is 1. The zero-order valence-electron chi connectivity index (χ0n) is 19.8. The van der Waals surface area contributed by atoms with Crippen LogP contribution in [0.2, 0.25) is 5.02 Å². The van der Waals surface area contributed by atoms with Crippen molar-refractivity contribution in [2.24, 2.45) is 0 Å². The van der Waals surface area contributed by atoms with Crippen LogP contribution in [0.4, 0.5) is 0 Å². The highest BCUT2D eigenvalue weighted by molar-refractivity contribution is 7.09. The zero-order chi connectivity index (χ0) is 24.9. The lowest BCUT2D eigenvalue weighted by molar-refractivity contribution is 0.0935. The number of halogens is 1. The van der Waals surface area contributed by atoms with Gasteiger partial charge in [-0.2, -0.15) is 0 Å². The molecule has 0 aliphatic carbocycles. The number of thiazole rings is 1. The lowest BCUT2D eigenvalue weighted by atomic mass is 10.1. The Bertz CT molecular complexity index is 1330. The first-order valence-corrected chi connectivity index (χ1v) is 12.9. The minimum atomic E-state index is -0.172. The molecule has 1 aliphatic heterocycles. The predicted octanol–water partition coefficient (Wildman–Crippen LogP) is 6.22.